The Morgan fingerprint density at radius 3 is 2.92 bits per heavy atom. The molecule has 1 aliphatic carbocycles. The van der Waals surface area contributed by atoms with E-state index >= 15 is 0 Å². The second kappa shape index (κ2) is 6.73. The molecule has 1 aromatic carbocycles. The summed E-state index contributed by atoms with van der Waals surface area (Å²) >= 11 is 1.52. The van der Waals surface area contributed by atoms with Gasteiger partial charge in [-0.05, 0) is 24.5 Å². The van der Waals surface area contributed by atoms with Crippen molar-refractivity contribution in [2.75, 3.05) is 5.32 Å². The van der Waals surface area contributed by atoms with Gasteiger partial charge < -0.3 is 10.3 Å². The van der Waals surface area contributed by atoms with Crippen LogP contribution >= 0.6 is 11.3 Å². The van der Waals surface area contributed by atoms with Crippen LogP contribution < -0.4 is 5.32 Å². The van der Waals surface area contributed by atoms with E-state index in [1.54, 1.807) is 0 Å². The lowest BCUT2D eigenvalue weighted by Crippen LogP contribution is -2.14. The molecule has 2 aromatic heterocycles. The van der Waals surface area contributed by atoms with Crippen molar-refractivity contribution in [3.8, 4) is 0 Å². The summed E-state index contributed by atoms with van der Waals surface area (Å²) < 4.78 is 0. The fourth-order valence-corrected chi connectivity index (χ4v) is 4.34. The molecule has 6 heteroatoms. The summed E-state index contributed by atoms with van der Waals surface area (Å²) in [6.45, 7) is 0. The largest absolute Gasteiger partial charge is 0.361 e. The Bertz CT molecular complexity index is 847. The van der Waals surface area contributed by atoms with Crippen LogP contribution in [0.15, 0.2) is 30.5 Å². The molecule has 0 saturated heterocycles. The molecule has 1 saturated carbocycles. The number of carbonyl (C=O) groups excluding carboxylic acids is 1. The molecule has 1 fully saturated rings. The zero-order chi connectivity index (χ0) is 16.4. The molecule has 0 aliphatic heterocycles. The predicted molar refractivity (Wildman–Crippen MR) is 96.4 cm³/mol. The fraction of sp³-hybridized carbons (Fsp3) is 0.389. The Balaban J connectivity index is 1.42. The van der Waals surface area contributed by atoms with Crippen molar-refractivity contribution in [3.63, 3.8) is 0 Å². The van der Waals surface area contributed by atoms with Crippen molar-refractivity contribution in [1.82, 2.24) is 15.2 Å². The van der Waals surface area contributed by atoms with Gasteiger partial charge in [-0.3, -0.25) is 4.79 Å². The molecule has 2 heterocycles. The van der Waals surface area contributed by atoms with E-state index in [1.165, 1.54) is 43.4 Å². The lowest BCUT2D eigenvalue weighted by Gasteiger charge is -2.18. The Kier molecular flexibility index (Phi) is 4.30. The van der Waals surface area contributed by atoms with Gasteiger partial charge in [0, 0.05) is 23.0 Å². The van der Waals surface area contributed by atoms with Crippen LogP contribution in [0.3, 0.4) is 0 Å². The normalized spacial score (nSPS) is 15.7. The summed E-state index contributed by atoms with van der Waals surface area (Å²) in [5, 5.41) is 14.1. The average Bonchev–Trinajstić information content (AvgIpc) is 3.23. The minimum atomic E-state index is -0.0499. The molecule has 4 rings (SSSR count). The molecule has 1 amide bonds. The smallest absolute Gasteiger partial charge is 0.230 e. The number of H-pyrrole nitrogens is 1. The number of para-hydroxylation sites is 1. The summed E-state index contributed by atoms with van der Waals surface area (Å²) in [4.78, 5) is 15.5. The van der Waals surface area contributed by atoms with Gasteiger partial charge in [0.05, 0.1) is 6.42 Å². The maximum atomic E-state index is 12.3. The Morgan fingerprint density at radius 2 is 2.04 bits per heavy atom. The van der Waals surface area contributed by atoms with Gasteiger partial charge in [0.25, 0.3) is 0 Å². The second-order valence-corrected chi connectivity index (χ2v) is 7.37. The van der Waals surface area contributed by atoms with E-state index in [1.807, 2.05) is 30.5 Å². The molecular formula is C18H20N4OS. The minimum Gasteiger partial charge on any atom is -0.361 e. The Labute approximate surface area is 144 Å². The maximum absolute atomic E-state index is 12.3. The highest BCUT2D eigenvalue weighted by Gasteiger charge is 2.20. The third-order valence-electron chi connectivity index (χ3n) is 4.67. The van der Waals surface area contributed by atoms with Gasteiger partial charge in [-0.25, -0.2) is 0 Å². The van der Waals surface area contributed by atoms with E-state index in [0.29, 0.717) is 17.5 Å². The van der Waals surface area contributed by atoms with Crippen LogP contribution in [0.5, 0.6) is 0 Å². The third-order valence-corrected chi connectivity index (χ3v) is 5.67. The Hall–Kier alpha value is -2.21. The van der Waals surface area contributed by atoms with Gasteiger partial charge in [0.2, 0.25) is 11.0 Å². The van der Waals surface area contributed by atoms with Crippen LogP contribution in [0.25, 0.3) is 10.9 Å². The summed E-state index contributed by atoms with van der Waals surface area (Å²) in [6.07, 6.45) is 8.48. The number of anilines is 1. The van der Waals surface area contributed by atoms with Gasteiger partial charge in [-0.15, -0.1) is 10.2 Å². The quantitative estimate of drug-likeness (QED) is 0.746. The molecule has 5 nitrogen and oxygen atoms in total. The number of rotatable bonds is 4. The number of amides is 1. The topological polar surface area (TPSA) is 70.7 Å². The number of benzene rings is 1. The van der Waals surface area contributed by atoms with Crippen molar-refractivity contribution >= 4 is 33.3 Å². The highest BCUT2D eigenvalue weighted by molar-refractivity contribution is 7.15. The third kappa shape index (κ3) is 3.19. The standard InChI is InChI=1S/C18H20N4OS/c23-16(10-13-11-19-15-9-5-4-8-14(13)15)20-18-22-21-17(24-18)12-6-2-1-3-7-12/h4-5,8-9,11-12,19H,1-3,6-7,10H2,(H,20,22,23). The second-order valence-electron chi connectivity index (χ2n) is 6.36. The van der Waals surface area contributed by atoms with E-state index in [2.05, 4.69) is 20.5 Å². The first-order valence-electron chi connectivity index (χ1n) is 8.48. The number of carbonyl (C=O) groups is 1. The van der Waals surface area contributed by atoms with E-state index in [-0.39, 0.29) is 5.91 Å². The van der Waals surface area contributed by atoms with Crippen LogP contribution in [0.2, 0.25) is 0 Å². The zero-order valence-corrected chi connectivity index (χ0v) is 14.2. The first kappa shape index (κ1) is 15.3. The van der Waals surface area contributed by atoms with Gasteiger partial charge in [0.15, 0.2) is 0 Å². The van der Waals surface area contributed by atoms with Crippen molar-refractivity contribution in [1.29, 1.82) is 0 Å². The Morgan fingerprint density at radius 1 is 1.21 bits per heavy atom. The molecule has 24 heavy (non-hydrogen) atoms. The van der Waals surface area contributed by atoms with E-state index in [0.717, 1.165) is 21.5 Å². The van der Waals surface area contributed by atoms with Crippen LogP contribution in [-0.2, 0) is 11.2 Å². The van der Waals surface area contributed by atoms with Crippen molar-refractivity contribution < 1.29 is 4.79 Å². The maximum Gasteiger partial charge on any atom is 0.230 e. The molecule has 0 bridgehead atoms. The molecule has 0 unspecified atom stereocenters. The minimum absolute atomic E-state index is 0.0499. The molecule has 1 aliphatic rings. The highest BCUT2D eigenvalue weighted by Crippen LogP contribution is 2.35. The molecular weight excluding hydrogens is 320 g/mol. The lowest BCUT2D eigenvalue weighted by molar-refractivity contribution is -0.115. The van der Waals surface area contributed by atoms with Crippen molar-refractivity contribution in [2.24, 2.45) is 0 Å². The van der Waals surface area contributed by atoms with Gasteiger partial charge in [-0.2, -0.15) is 0 Å². The van der Waals surface area contributed by atoms with Crippen molar-refractivity contribution in [2.45, 2.75) is 44.4 Å². The predicted octanol–water partition coefficient (Wildman–Crippen LogP) is 4.25. The zero-order valence-electron chi connectivity index (χ0n) is 13.4. The summed E-state index contributed by atoms with van der Waals surface area (Å²) in [5.74, 6) is 0.474. The van der Waals surface area contributed by atoms with E-state index in [9.17, 15) is 4.79 Å². The van der Waals surface area contributed by atoms with Crippen LogP contribution in [0.4, 0.5) is 5.13 Å². The molecule has 2 N–H and O–H groups in total. The first-order chi connectivity index (χ1) is 11.8. The van der Waals surface area contributed by atoms with Gasteiger partial charge in [-0.1, -0.05) is 48.8 Å². The number of aromatic nitrogens is 3. The number of hydrogen-bond acceptors (Lipinski definition) is 4. The molecule has 124 valence electrons. The first-order valence-corrected chi connectivity index (χ1v) is 9.29. The number of nitrogens with zero attached hydrogens (tertiary/aromatic N) is 2. The molecule has 0 atom stereocenters. The number of hydrogen-bond donors (Lipinski definition) is 2. The molecule has 0 radical (unpaired) electrons. The fourth-order valence-electron chi connectivity index (χ4n) is 3.41. The van der Waals surface area contributed by atoms with E-state index in [4.69, 9.17) is 0 Å². The monoisotopic (exact) mass is 340 g/mol. The number of nitrogens with one attached hydrogen (secondary N) is 2. The van der Waals surface area contributed by atoms with Crippen LogP contribution in [0, 0.1) is 0 Å². The van der Waals surface area contributed by atoms with Gasteiger partial charge in [0.1, 0.15) is 5.01 Å². The lowest BCUT2D eigenvalue weighted by atomic mass is 9.90. The number of fused-ring (bicyclic) bond motifs is 1. The summed E-state index contributed by atoms with van der Waals surface area (Å²) in [7, 11) is 0. The van der Waals surface area contributed by atoms with Crippen LogP contribution in [-0.4, -0.2) is 21.1 Å². The highest BCUT2D eigenvalue weighted by atomic mass is 32.1. The SMILES string of the molecule is O=C(Cc1c[nH]c2ccccc12)Nc1nnc(C2CCCCC2)s1. The summed E-state index contributed by atoms with van der Waals surface area (Å²) in [6, 6.07) is 8.01. The van der Waals surface area contributed by atoms with Crippen LogP contribution in [0.1, 0.15) is 48.6 Å². The molecule has 0 spiro atoms. The van der Waals surface area contributed by atoms with E-state index < -0.39 is 0 Å². The number of aromatic amines is 1. The average molecular weight is 340 g/mol. The van der Waals surface area contributed by atoms with Gasteiger partial charge >= 0.3 is 0 Å². The summed E-state index contributed by atoms with van der Waals surface area (Å²) in [5.41, 5.74) is 2.05. The van der Waals surface area contributed by atoms with Crippen molar-refractivity contribution in [3.05, 3.63) is 41.0 Å². The molecule has 3 aromatic rings.